The number of fused-ring (bicyclic) bond motifs is 3. The molecule has 1 aliphatic carbocycles. The summed E-state index contributed by atoms with van der Waals surface area (Å²) in [6.07, 6.45) is 3.38. The Labute approximate surface area is 222 Å². The summed E-state index contributed by atoms with van der Waals surface area (Å²) in [5.41, 5.74) is 6.82. The highest BCUT2D eigenvalue weighted by Gasteiger charge is 2.48. The van der Waals surface area contributed by atoms with E-state index in [0.717, 1.165) is 60.6 Å². The average Bonchev–Trinajstić information content (AvgIpc) is 3.48. The molecule has 0 saturated heterocycles. The zero-order valence-electron chi connectivity index (χ0n) is 22.3. The predicted octanol–water partition coefficient (Wildman–Crippen LogP) is 4.20. The lowest BCUT2D eigenvalue weighted by molar-refractivity contribution is -0.0217. The molecular formula is C30H34N6O2. The third kappa shape index (κ3) is 4.19. The number of aromatic nitrogens is 3. The fourth-order valence-electron chi connectivity index (χ4n) is 6.02. The first-order chi connectivity index (χ1) is 18.3. The van der Waals surface area contributed by atoms with E-state index in [-0.39, 0.29) is 17.4 Å². The summed E-state index contributed by atoms with van der Waals surface area (Å²) in [6.45, 7) is 4.91. The molecule has 2 aromatic carbocycles. The molecule has 1 spiro atoms. The second-order valence-corrected chi connectivity index (χ2v) is 10.8. The van der Waals surface area contributed by atoms with Gasteiger partial charge in [-0.3, -0.25) is 14.5 Å². The van der Waals surface area contributed by atoms with Crippen molar-refractivity contribution in [1.82, 2.24) is 29.7 Å². The molecular weight excluding hydrogens is 476 g/mol. The number of rotatable bonds is 6. The predicted molar refractivity (Wildman–Crippen MR) is 147 cm³/mol. The van der Waals surface area contributed by atoms with Gasteiger partial charge in [-0.25, -0.2) is 4.98 Å². The molecule has 1 fully saturated rings. The first-order valence-electron chi connectivity index (χ1n) is 13.3. The van der Waals surface area contributed by atoms with E-state index in [1.807, 2.05) is 43.3 Å². The largest absolute Gasteiger partial charge is 0.347 e. The van der Waals surface area contributed by atoms with Crippen LogP contribution in [0.15, 0.2) is 54.6 Å². The summed E-state index contributed by atoms with van der Waals surface area (Å²) in [6, 6.07) is 18.2. The van der Waals surface area contributed by atoms with Crippen LogP contribution in [0.2, 0.25) is 0 Å². The van der Waals surface area contributed by atoms with Crippen LogP contribution in [0.25, 0.3) is 11.0 Å². The lowest BCUT2D eigenvalue weighted by Gasteiger charge is -2.53. The smallest absolute Gasteiger partial charge is 0.268 e. The molecule has 1 saturated carbocycles. The maximum atomic E-state index is 13.2. The summed E-state index contributed by atoms with van der Waals surface area (Å²) in [7, 11) is 3.54. The Morgan fingerprint density at radius 1 is 1.03 bits per heavy atom. The number of hydrogen-bond donors (Lipinski definition) is 2. The van der Waals surface area contributed by atoms with Crippen LogP contribution < -0.4 is 5.32 Å². The highest BCUT2D eigenvalue weighted by atomic mass is 16.2. The van der Waals surface area contributed by atoms with Crippen molar-refractivity contribution in [3.05, 3.63) is 88.5 Å². The van der Waals surface area contributed by atoms with Crippen molar-refractivity contribution in [2.24, 2.45) is 0 Å². The number of hydrogen-bond acceptors (Lipinski definition) is 4. The number of nitrogens with zero attached hydrogens (tertiary/aromatic N) is 4. The van der Waals surface area contributed by atoms with E-state index < -0.39 is 0 Å². The number of imidazole rings is 1. The van der Waals surface area contributed by atoms with E-state index in [0.29, 0.717) is 12.1 Å². The number of carbonyl (C=O) groups is 2. The second kappa shape index (κ2) is 9.44. The first-order valence-corrected chi connectivity index (χ1v) is 13.3. The zero-order chi connectivity index (χ0) is 26.4. The Morgan fingerprint density at radius 3 is 2.50 bits per heavy atom. The molecule has 0 atom stereocenters. The van der Waals surface area contributed by atoms with Crippen molar-refractivity contribution in [2.75, 3.05) is 20.6 Å². The quantitative estimate of drug-likeness (QED) is 0.407. The van der Waals surface area contributed by atoms with Crippen LogP contribution >= 0.6 is 0 Å². The average molecular weight is 511 g/mol. The van der Waals surface area contributed by atoms with Crippen LogP contribution in [0, 0.1) is 6.92 Å². The summed E-state index contributed by atoms with van der Waals surface area (Å²) < 4.78 is 2.23. The molecule has 1 aliphatic heterocycles. The SMILES string of the molecule is Cc1nc2ccc(CNC(=O)c3ccc4n3CCN(Cc3ccc(C(=O)N(C)C)cc3)C43CCC3)cc2[nH]1. The highest BCUT2D eigenvalue weighted by Crippen LogP contribution is 2.49. The molecule has 6 rings (SSSR count). The van der Waals surface area contributed by atoms with E-state index in [2.05, 4.69) is 43.0 Å². The van der Waals surface area contributed by atoms with Crippen LogP contribution in [-0.4, -0.2) is 56.8 Å². The molecule has 3 heterocycles. The van der Waals surface area contributed by atoms with Crippen molar-refractivity contribution in [1.29, 1.82) is 0 Å². The Kier molecular flexibility index (Phi) is 6.07. The fraction of sp³-hybridized carbons (Fsp3) is 0.367. The minimum atomic E-state index is -0.0405. The Bertz CT molecular complexity index is 1510. The topological polar surface area (TPSA) is 86.3 Å². The van der Waals surface area contributed by atoms with Crippen molar-refractivity contribution < 1.29 is 9.59 Å². The third-order valence-corrected chi connectivity index (χ3v) is 8.17. The van der Waals surface area contributed by atoms with Crippen LogP contribution in [0.3, 0.4) is 0 Å². The van der Waals surface area contributed by atoms with E-state index in [1.54, 1.807) is 19.0 Å². The molecule has 0 radical (unpaired) electrons. The highest BCUT2D eigenvalue weighted by molar-refractivity contribution is 5.94. The number of amides is 2. The number of aryl methyl sites for hydroxylation is 1. The zero-order valence-corrected chi connectivity index (χ0v) is 22.3. The van der Waals surface area contributed by atoms with Gasteiger partial charge in [0.15, 0.2) is 0 Å². The number of carbonyl (C=O) groups excluding carboxylic acids is 2. The van der Waals surface area contributed by atoms with Gasteiger partial charge in [0.1, 0.15) is 11.5 Å². The van der Waals surface area contributed by atoms with Crippen LogP contribution in [-0.2, 0) is 25.2 Å². The molecule has 0 unspecified atom stereocenters. The minimum Gasteiger partial charge on any atom is -0.347 e. The van der Waals surface area contributed by atoms with Crippen LogP contribution in [0.1, 0.15) is 62.8 Å². The number of benzene rings is 2. The van der Waals surface area contributed by atoms with Gasteiger partial charge in [0, 0.05) is 51.5 Å². The van der Waals surface area contributed by atoms with Gasteiger partial charge < -0.3 is 19.8 Å². The molecule has 2 aliphatic rings. The first kappa shape index (κ1) is 24.4. The fourth-order valence-corrected chi connectivity index (χ4v) is 6.02. The Balaban J connectivity index is 1.17. The summed E-state index contributed by atoms with van der Waals surface area (Å²) in [5.74, 6) is 0.864. The second-order valence-electron chi connectivity index (χ2n) is 10.8. The van der Waals surface area contributed by atoms with Gasteiger partial charge in [0.25, 0.3) is 11.8 Å². The lowest BCUT2D eigenvalue weighted by atomic mass is 9.71. The molecule has 2 amide bonds. The molecule has 4 aromatic rings. The van der Waals surface area contributed by atoms with Crippen molar-refractivity contribution in [3.63, 3.8) is 0 Å². The van der Waals surface area contributed by atoms with Gasteiger partial charge in [-0.15, -0.1) is 0 Å². The van der Waals surface area contributed by atoms with Crippen LogP contribution in [0.4, 0.5) is 0 Å². The van der Waals surface area contributed by atoms with Crippen molar-refractivity contribution in [3.8, 4) is 0 Å². The van der Waals surface area contributed by atoms with Gasteiger partial charge in [-0.1, -0.05) is 18.2 Å². The van der Waals surface area contributed by atoms with Gasteiger partial charge in [-0.05, 0) is 73.7 Å². The molecule has 2 N–H and O–H groups in total. The molecule has 38 heavy (non-hydrogen) atoms. The third-order valence-electron chi connectivity index (χ3n) is 8.17. The van der Waals surface area contributed by atoms with Gasteiger partial charge in [0.05, 0.1) is 16.6 Å². The minimum absolute atomic E-state index is 0.0190. The number of H-pyrrole nitrogens is 1. The van der Waals surface area contributed by atoms with E-state index in [9.17, 15) is 9.59 Å². The molecule has 196 valence electrons. The standard InChI is InChI=1S/C30H34N6O2/c1-20-32-24-10-7-22(17-25(24)33-20)18-31-28(37)26-11-12-27-30(13-4-14-30)35(15-16-36(26)27)19-21-5-8-23(9-6-21)29(38)34(2)3/h5-12,17H,4,13-16,18-19H2,1-3H3,(H,31,37)(H,32,33). The lowest BCUT2D eigenvalue weighted by Crippen LogP contribution is -2.56. The number of nitrogens with one attached hydrogen (secondary N) is 2. The molecule has 2 aromatic heterocycles. The van der Waals surface area contributed by atoms with Crippen LogP contribution in [0.5, 0.6) is 0 Å². The van der Waals surface area contributed by atoms with E-state index >= 15 is 0 Å². The molecule has 8 nitrogen and oxygen atoms in total. The maximum absolute atomic E-state index is 13.2. The van der Waals surface area contributed by atoms with Crippen molar-refractivity contribution >= 4 is 22.8 Å². The number of aromatic amines is 1. The van der Waals surface area contributed by atoms with Crippen molar-refractivity contribution in [2.45, 2.75) is 51.4 Å². The van der Waals surface area contributed by atoms with Gasteiger partial charge in [-0.2, -0.15) is 0 Å². The normalized spacial score (nSPS) is 16.3. The summed E-state index contributed by atoms with van der Waals surface area (Å²) >= 11 is 0. The summed E-state index contributed by atoms with van der Waals surface area (Å²) in [4.78, 5) is 37.4. The molecule has 0 bridgehead atoms. The van der Waals surface area contributed by atoms with E-state index in [1.165, 1.54) is 17.7 Å². The Hall–Kier alpha value is -3.91. The summed E-state index contributed by atoms with van der Waals surface area (Å²) in [5, 5.41) is 3.12. The van der Waals surface area contributed by atoms with E-state index in [4.69, 9.17) is 0 Å². The van der Waals surface area contributed by atoms with Gasteiger partial charge >= 0.3 is 0 Å². The Morgan fingerprint density at radius 2 is 1.79 bits per heavy atom. The maximum Gasteiger partial charge on any atom is 0.268 e. The van der Waals surface area contributed by atoms with Gasteiger partial charge in [0.2, 0.25) is 0 Å². The monoisotopic (exact) mass is 510 g/mol. The molecule has 8 heteroatoms.